The number of hydrogen-bond donors (Lipinski definition) is 1. The monoisotopic (exact) mass is 296 g/mol. The zero-order valence-electron chi connectivity index (χ0n) is 12.9. The van der Waals surface area contributed by atoms with Crippen LogP contribution in [0.1, 0.15) is 44.1 Å². The summed E-state index contributed by atoms with van der Waals surface area (Å²) in [5, 5.41) is 3.19. The molecule has 21 heavy (non-hydrogen) atoms. The molecule has 118 valence electrons. The summed E-state index contributed by atoms with van der Waals surface area (Å²) in [4.78, 5) is 2.45. The van der Waals surface area contributed by atoms with Crippen LogP contribution in [0, 0.1) is 11.6 Å². The average molecular weight is 296 g/mol. The topological polar surface area (TPSA) is 15.3 Å². The van der Waals surface area contributed by atoms with Crippen LogP contribution in [0.2, 0.25) is 0 Å². The molecule has 1 aliphatic carbocycles. The third-order valence-electron chi connectivity index (χ3n) is 4.39. The van der Waals surface area contributed by atoms with Gasteiger partial charge in [-0.3, -0.25) is 0 Å². The van der Waals surface area contributed by atoms with E-state index in [0.717, 1.165) is 31.6 Å². The van der Waals surface area contributed by atoms with E-state index in [-0.39, 0.29) is 11.6 Å². The van der Waals surface area contributed by atoms with Gasteiger partial charge in [0, 0.05) is 18.2 Å². The summed E-state index contributed by atoms with van der Waals surface area (Å²) in [5.41, 5.74) is 0.399. The van der Waals surface area contributed by atoms with Gasteiger partial charge in [0.2, 0.25) is 0 Å². The molecule has 1 saturated carbocycles. The van der Waals surface area contributed by atoms with E-state index < -0.39 is 0 Å². The van der Waals surface area contributed by atoms with Crippen molar-refractivity contribution in [3.05, 3.63) is 35.4 Å². The first-order chi connectivity index (χ1) is 10.2. The van der Waals surface area contributed by atoms with E-state index >= 15 is 0 Å². The van der Waals surface area contributed by atoms with Crippen molar-refractivity contribution < 1.29 is 8.78 Å². The van der Waals surface area contributed by atoms with Crippen LogP contribution in [0.25, 0.3) is 0 Å². The maximum absolute atomic E-state index is 13.4. The second kappa shape index (κ2) is 8.44. The second-order valence-corrected chi connectivity index (χ2v) is 6.04. The first-order valence-electron chi connectivity index (χ1n) is 8.01. The molecule has 1 fully saturated rings. The standard InChI is InChI=1S/C17H26F2N2/c1-21(16-6-3-2-4-7-16)11-5-10-20-13-14-12-15(18)8-9-17(14)19/h8-9,12,16,20H,2-7,10-11,13H2,1H3. The molecule has 0 aromatic heterocycles. The lowest BCUT2D eigenvalue weighted by Gasteiger charge is -2.31. The predicted molar refractivity (Wildman–Crippen MR) is 82.2 cm³/mol. The highest BCUT2D eigenvalue weighted by atomic mass is 19.1. The van der Waals surface area contributed by atoms with Gasteiger partial charge in [-0.05, 0) is 57.6 Å². The Morgan fingerprint density at radius 3 is 2.71 bits per heavy atom. The van der Waals surface area contributed by atoms with Crippen molar-refractivity contribution in [2.75, 3.05) is 20.1 Å². The lowest BCUT2D eigenvalue weighted by molar-refractivity contribution is 0.189. The summed E-state index contributed by atoms with van der Waals surface area (Å²) in [6.45, 7) is 2.27. The molecule has 1 aliphatic rings. The lowest BCUT2D eigenvalue weighted by Crippen LogP contribution is -2.35. The lowest BCUT2D eigenvalue weighted by atomic mass is 9.94. The molecule has 0 heterocycles. The third-order valence-corrected chi connectivity index (χ3v) is 4.39. The minimum absolute atomic E-state index is 0.344. The van der Waals surface area contributed by atoms with E-state index in [4.69, 9.17) is 0 Å². The number of halogens is 2. The predicted octanol–water partition coefficient (Wildman–Crippen LogP) is 3.71. The Balaban J connectivity index is 1.62. The fourth-order valence-corrected chi connectivity index (χ4v) is 3.06. The SMILES string of the molecule is CN(CCCNCc1cc(F)ccc1F)C1CCCCC1. The maximum atomic E-state index is 13.4. The summed E-state index contributed by atoms with van der Waals surface area (Å²) in [6.07, 6.45) is 7.75. The van der Waals surface area contributed by atoms with Gasteiger partial charge in [0.05, 0.1) is 0 Å². The van der Waals surface area contributed by atoms with Crippen LogP contribution in [0.5, 0.6) is 0 Å². The highest BCUT2D eigenvalue weighted by molar-refractivity contribution is 5.18. The van der Waals surface area contributed by atoms with Gasteiger partial charge >= 0.3 is 0 Å². The van der Waals surface area contributed by atoms with Gasteiger partial charge in [-0.2, -0.15) is 0 Å². The number of nitrogens with one attached hydrogen (secondary N) is 1. The first kappa shape index (κ1) is 16.4. The quantitative estimate of drug-likeness (QED) is 0.772. The fraction of sp³-hybridized carbons (Fsp3) is 0.647. The maximum Gasteiger partial charge on any atom is 0.127 e. The summed E-state index contributed by atoms with van der Waals surface area (Å²) >= 11 is 0. The zero-order chi connectivity index (χ0) is 15.1. The summed E-state index contributed by atoms with van der Waals surface area (Å²) in [6, 6.07) is 4.33. The Kier molecular flexibility index (Phi) is 6.58. The summed E-state index contributed by atoms with van der Waals surface area (Å²) < 4.78 is 26.5. The molecule has 0 saturated heterocycles. The molecule has 4 heteroatoms. The van der Waals surface area contributed by atoms with E-state index in [2.05, 4.69) is 17.3 Å². The van der Waals surface area contributed by atoms with Crippen molar-refractivity contribution in [3.8, 4) is 0 Å². The molecule has 0 spiro atoms. The third kappa shape index (κ3) is 5.36. The molecule has 1 N–H and O–H groups in total. The largest absolute Gasteiger partial charge is 0.313 e. The van der Waals surface area contributed by atoms with Gasteiger partial charge in [-0.15, -0.1) is 0 Å². The smallest absolute Gasteiger partial charge is 0.127 e. The molecule has 1 aromatic rings. The van der Waals surface area contributed by atoms with E-state index in [9.17, 15) is 8.78 Å². The molecule has 0 amide bonds. The van der Waals surface area contributed by atoms with Gasteiger partial charge < -0.3 is 10.2 Å². The van der Waals surface area contributed by atoms with E-state index in [0.29, 0.717) is 12.1 Å². The number of hydrogen-bond acceptors (Lipinski definition) is 2. The molecular weight excluding hydrogens is 270 g/mol. The van der Waals surface area contributed by atoms with Gasteiger partial charge in [-0.1, -0.05) is 19.3 Å². The van der Waals surface area contributed by atoms with Crippen LogP contribution in [0.3, 0.4) is 0 Å². The van der Waals surface area contributed by atoms with E-state index in [1.807, 2.05) is 0 Å². The number of rotatable bonds is 7. The van der Waals surface area contributed by atoms with Crippen LogP contribution < -0.4 is 5.32 Å². The minimum Gasteiger partial charge on any atom is -0.313 e. The normalized spacial score (nSPS) is 16.6. The zero-order valence-corrected chi connectivity index (χ0v) is 12.9. The van der Waals surface area contributed by atoms with Crippen molar-refractivity contribution >= 4 is 0 Å². The Morgan fingerprint density at radius 2 is 1.95 bits per heavy atom. The molecule has 0 bridgehead atoms. The van der Waals surface area contributed by atoms with Crippen molar-refractivity contribution in [3.63, 3.8) is 0 Å². The Labute approximate surface area is 126 Å². The van der Waals surface area contributed by atoms with Crippen LogP contribution in [0.4, 0.5) is 8.78 Å². The van der Waals surface area contributed by atoms with Crippen molar-refractivity contribution in [2.24, 2.45) is 0 Å². The first-order valence-corrected chi connectivity index (χ1v) is 8.01. The van der Waals surface area contributed by atoms with E-state index in [1.54, 1.807) is 0 Å². The molecule has 2 nitrogen and oxygen atoms in total. The molecule has 1 aromatic carbocycles. The van der Waals surface area contributed by atoms with Crippen molar-refractivity contribution in [1.82, 2.24) is 10.2 Å². The number of benzene rings is 1. The second-order valence-electron chi connectivity index (χ2n) is 6.04. The molecular formula is C17H26F2N2. The van der Waals surface area contributed by atoms with Crippen LogP contribution in [0.15, 0.2) is 18.2 Å². The fourth-order valence-electron chi connectivity index (χ4n) is 3.06. The minimum atomic E-state index is -0.384. The highest BCUT2D eigenvalue weighted by Gasteiger charge is 2.17. The molecule has 0 atom stereocenters. The summed E-state index contributed by atoms with van der Waals surface area (Å²) in [5.74, 6) is -0.728. The highest BCUT2D eigenvalue weighted by Crippen LogP contribution is 2.21. The average Bonchev–Trinajstić information content (AvgIpc) is 2.51. The Bertz CT molecular complexity index is 431. The summed E-state index contributed by atoms with van der Waals surface area (Å²) in [7, 11) is 2.20. The van der Waals surface area contributed by atoms with Crippen LogP contribution in [-0.2, 0) is 6.54 Å². The van der Waals surface area contributed by atoms with Gasteiger partial charge in [-0.25, -0.2) is 8.78 Å². The van der Waals surface area contributed by atoms with E-state index in [1.165, 1.54) is 44.2 Å². The molecule has 0 radical (unpaired) electrons. The number of nitrogens with zero attached hydrogens (tertiary/aromatic N) is 1. The van der Waals surface area contributed by atoms with Crippen LogP contribution >= 0.6 is 0 Å². The molecule has 0 unspecified atom stereocenters. The molecule has 2 rings (SSSR count). The van der Waals surface area contributed by atoms with Crippen molar-refractivity contribution in [1.29, 1.82) is 0 Å². The molecule has 0 aliphatic heterocycles. The van der Waals surface area contributed by atoms with Gasteiger partial charge in [0.15, 0.2) is 0 Å². The van der Waals surface area contributed by atoms with Crippen molar-refractivity contribution in [2.45, 2.75) is 51.1 Å². The van der Waals surface area contributed by atoms with Gasteiger partial charge in [0.25, 0.3) is 0 Å². The Morgan fingerprint density at radius 1 is 1.19 bits per heavy atom. The van der Waals surface area contributed by atoms with Crippen LogP contribution in [-0.4, -0.2) is 31.1 Å². The van der Waals surface area contributed by atoms with Gasteiger partial charge in [0.1, 0.15) is 11.6 Å². The Hall–Kier alpha value is -1.00.